The normalized spacial score (nSPS) is 11.7. The zero-order valence-electron chi connectivity index (χ0n) is 14.5. The third-order valence-electron chi connectivity index (χ3n) is 4.07. The lowest BCUT2D eigenvalue weighted by Gasteiger charge is -2.04. The first-order chi connectivity index (χ1) is 13.3. The van der Waals surface area contributed by atoms with Crippen LogP contribution in [0.25, 0.3) is 31.6 Å². The second-order valence-electron chi connectivity index (χ2n) is 6.10. The molecular weight excluding hydrogens is 481 g/mol. The van der Waals surface area contributed by atoms with E-state index in [2.05, 4.69) is 15.9 Å². The van der Waals surface area contributed by atoms with Crippen molar-refractivity contribution in [1.29, 1.82) is 0 Å². The molecule has 0 fully saturated rings. The molecule has 0 unspecified atom stereocenters. The first-order valence-electron chi connectivity index (χ1n) is 8.14. The summed E-state index contributed by atoms with van der Waals surface area (Å²) in [7, 11) is -3.26. The second-order valence-corrected chi connectivity index (χ2v) is 11.6. The molecule has 8 heteroatoms. The Labute approximate surface area is 178 Å². The summed E-state index contributed by atoms with van der Waals surface area (Å²) < 4.78 is 37.9. The number of hydrogen-bond donors (Lipinski definition) is 0. The lowest BCUT2D eigenvalue weighted by molar-refractivity contribution is 0.602. The van der Waals surface area contributed by atoms with Crippen LogP contribution in [0, 0.1) is 5.82 Å². The van der Waals surface area contributed by atoms with E-state index in [1.807, 2.05) is 12.1 Å². The molecule has 0 saturated carbocycles. The van der Waals surface area contributed by atoms with Crippen LogP contribution in [0.3, 0.4) is 0 Å². The van der Waals surface area contributed by atoms with E-state index < -0.39 is 9.84 Å². The van der Waals surface area contributed by atoms with E-state index in [1.165, 1.54) is 29.7 Å². The van der Waals surface area contributed by atoms with Gasteiger partial charge in [0, 0.05) is 11.8 Å². The quantitative estimate of drug-likeness (QED) is 0.325. The standard InChI is InChI=1S/C20H13BrFNO2S3/c1-28(24,25)15-8-4-13(5-9-15)19-18(12-2-6-14(22)7-3-12)23-20(27-19)16-10-11-17(21)26-16/h2-11H,1H3. The highest BCUT2D eigenvalue weighted by molar-refractivity contribution is 9.11. The smallest absolute Gasteiger partial charge is 0.175 e. The van der Waals surface area contributed by atoms with Crippen molar-refractivity contribution in [3.63, 3.8) is 0 Å². The Kier molecular flexibility index (Phi) is 5.22. The Morgan fingerprint density at radius 3 is 2.11 bits per heavy atom. The molecule has 2 aromatic heterocycles. The van der Waals surface area contributed by atoms with Crippen molar-refractivity contribution in [2.75, 3.05) is 6.26 Å². The van der Waals surface area contributed by atoms with E-state index >= 15 is 0 Å². The molecule has 2 aromatic carbocycles. The molecule has 0 amide bonds. The fraction of sp³-hybridized carbons (Fsp3) is 0.0500. The molecule has 0 radical (unpaired) electrons. The van der Waals surface area contributed by atoms with Gasteiger partial charge in [0.2, 0.25) is 0 Å². The van der Waals surface area contributed by atoms with Crippen molar-refractivity contribution in [2.24, 2.45) is 0 Å². The summed E-state index contributed by atoms with van der Waals surface area (Å²) in [5.41, 5.74) is 2.42. The van der Waals surface area contributed by atoms with Gasteiger partial charge in [-0.2, -0.15) is 0 Å². The average Bonchev–Trinajstić information content (AvgIpc) is 3.28. The Bertz CT molecular complexity index is 1240. The van der Waals surface area contributed by atoms with Gasteiger partial charge in [0.1, 0.15) is 10.8 Å². The fourth-order valence-electron chi connectivity index (χ4n) is 2.71. The van der Waals surface area contributed by atoms with Crippen LogP contribution in [0.2, 0.25) is 0 Å². The van der Waals surface area contributed by atoms with Crippen molar-refractivity contribution in [3.05, 3.63) is 70.3 Å². The number of benzene rings is 2. The highest BCUT2D eigenvalue weighted by atomic mass is 79.9. The number of aromatic nitrogens is 1. The third-order valence-corrected chi connectivity index (χ3v) is 8.10. The number of nitrogens with zero attached hydrogens (tertiary/aromatic N) is 1. The summed E-state index contributed by atoms with van der Waals surface area (Å²) in [6, 6.07) is 17.0. The van der Waals surface area contributed by atoms with Crippen LogP contribution < -0.4 is 0 Å². The zero-order chi connectivity index (χ0) is 19.9. The summed E-state index contributed by atoms with van der Waals surface area (Å²) in [5, 5.41) is 0.859. The predicted octanol–water partition coefficient (Wildman–Crippen LogP) is 6.51. The summed E-state index contributed by atoms with van der Waals surface area (Å²) in [6.07, 6.45) is 1.19. The topological polar surface area (TPSA) is 47.0 Å². The molecule has 0 N–H and O–H groups in total. The lowest BCUT2D eigenvalue weighted by Crippen LogP contribution is -1.96. The van der Waals surface area contributed by atoms with Gasteiger partial charge >= 0.3 is 0 Å². The van der Waals surface area contributed by atoms with Gasteiger partial charge in [0.25, 0.3) is 0 Å². The maximum absolute atomic E-state index is 13.4. The van der Waals surface area contributed by atoms with Gasteiger partial charge in [-0.3, -0.25) is 0 Å². The first kappa shape index (κ1) is 19.4. The molecule has 0 spiro atoms. The Hall–Kier alpha value is -1.87. The fourth-order valence-corrected chi connectivity index (χ4v) is 5.87. The van der Waals surface area contributed by atoms with Gasteiger partial charge in [0.15, 0.2) is 9.84 Å². The van der Waals surface area contributed by atoms with E-state index in [4.69, 9.17) is 4.98 Å². The average molecular weight is 494 g/mol. The van der Waals surface area contributed by atoms with Crippen molar-refractivity contribution >= 4 is 48.4 Å². The monoisotopic (exact) mass is 493 g/mol. The van der Waals surface area contributed by atoms with Gasteiger partial charge < -0.3 is 0 Å². The highest BCUT2D eigenvalue weighted by Crippen LogP contribution is 2.43. The molecular formula is C20H13BrFNO2S3. The van der Waals surface area contributed by atoms with Crippen molar-refractivity contribution < 1.29 is 12.8 Å². The third kappa shape index (κ3) is 3.96. The van der Waals surface area contributed by atoms with E-state index in [9.17, 15) is 12.8 Å². The summed E-state index contributed by atoms with van der Waals surface area (Å²) in [5.74, 6) is -0.305. The molecule has 0 aliphatic rings. The van der Waals surface area contributed by atoms with Crippen molar-refractivity contribution in [1.82, 2.24) is 4.98 Å². The molecule has 0 aliphatic heterocycles. The van der Waals surface area contributed by atoms with Gasteiger partial charge in [-0.05, 0) is 70.0 Å². The molecule has 4 aromatic rings. The number of thiazole rings is 1. The molecule has 2 heterocycles. The Balaban J connectivity index is 1.87. The van der Waals surface area contributed by atoms with Crippen LogP contribution in [-0.4, -0.2) is 19.7 Å². The molecule has 4 rings (SSSR count). The van der Waals surface area contributed by atoms with E-state index in [-0.39, 0.29) is 10.7 Å². The molecule has 3 nitrogen and oxygen atoms in total. The van der Waals surface area contributed by atoms with Gasteiger partial charge in [-0.1, -0.05) is 12.1 Å². The van der Waals surface area contributed by atoms with Crippen LogP contribution in [0.4, 0.5) is 4.39 Å². The number of sulfone groups is 1. The van der Waals surface area contributed by atoms with Crippen LogP contribution in [0.5, 0.6) is 0 Å². The highest BCUT2D eigenvalue weighted by Gasteiger charge is 2.18. The molecule has 0 aliphatic carbocycles. The molecule has 0 atom stereocenters. The predicted molar refractivity (Wildman–Crippen MR) is 117 cm³/mol. The van der Waals surface area contributed by atoms with E-state index in [1.54, 1.807) is 47.7 Å². The van der Waals surface area contributed by atoms with Crippen LogP contribution in [-0.2, 0) is 9.84 Å². The van der Waals surface area contributed by atoms with Gasteiger partial charge in [-0.15, -0.1) is 22.7 Å². The van der Waals surface area contributed by atoms with Crippen molar-refractivity contribution in [3.8, 4) is 31.6 Å². The summed E-state index contributed by atoms with van der Waals surface area (Å²) in [6.45, 7) is 0. The maximum Gasteiger partial charge on any atom is 0.175 e. The molecule has 28 heavy (non-hydrogen) atoms. The molecule has 0 saturated heterocycles. The number of hydrogen-bond acceptors (Lipinski definition) is 5. The Morgan fingerprint density at radius 1 is 0.893 bits per heavy atom. The number of rotatable bonds is 4. The van der Waals surface area contributed by atoms with Crippen LogP contribution in [0.1, 0.15) is 0 Å². The van der Waals surface area contributed by atoms with Gasteiger partial charge in [0.05, 0.1) is 24.1 Å². The van der Waals surface area contributed by atoms with E-state index in [0.29, 0.717) is 0 Å². The summed E-state index contributed by atoms with van der Waals surface area (Å²) >= 11 is 6.59. The number of thiophene rings is 1. The lowest BCUT2D eigenvalue weighted by atomic mass is 10.1. The SMILES string of the molecule is CS(=O)(=O)c1ccc(-c2sc(-c3ccc(Br)s3)nc2-c2ccc(F)cc2)cc1. The number of halogens is 2. The second kappa shape index (κ2) is 7.51. The minimum atomic E-state index is -3.26. The van der Waals surface area contributed by atoms with E-state index in [0.717, 1.165) is 35.4 Å². The minimum Gasteiger partial charge on any atom is -0.235 e. The molecule has 0 bridgehead atoms. The summed E-state index contributed by atoms with van der Waals surface area (Å²) in [4.78, 5) is 7.01. The maximum atomic E-state index is 13.4. The minimum absolute atomic E-state index is 0.270. The first-order valence-corrected chi connectivity index (χ1v) is 12.5. The zero-order valence-corrected chi connectivity index (χ0v) is 18.6. The van der Waals surface area contributed by atoms with Crippen LogP contribution in [0.15, 0.2) is 69.3 Å². The van der Waals surface area contributed by atoms with Crippen LogP contribution >= 0.6 is 38.6 Å². The largest absolute Gasteiger partial charge is 0.235 e. The Morgan fingerprint density at radius 2 is 1.54 bits per heavy atom. The molecule has 142 valence electrons. The van der Waals surface area contributed by atoms with Crippen molar-refractivity contribution in [2.45, 2.75) is 4.90 Å². The van der Waals surface area contributed by atoms with Gasteiger partial charge in [-0.25, -0.2) is 17.8 Å².